The van der Waals surface area contributed by atoms with Crippen LogP contribution in [0.15, 0.2) is 0 Å². The monoisotopic (exact) mass is 193 g/mol. The summed E-state index contributed by atoms with van der Waals surface area (Å²) in [6.45, 7) is 0. The molecular formula is C13H23N. The van der Waals surface area contributed by atoms with E-state index in [-0.39, 0.29) is 0 Å². The minimum Gasteiger partial charge on any atom is -0.327 e. The predicted octanol–water partition coefficient (Wildman–Crippen LogP) is 2.94. The lowest BCUT2D eigenvalue weighted by Gasteiger charge is -2.46. The number of nitrogens with two attached hydrogens (primary N) is 1. The van der Waals surface area contributed by atoms with Crippen LogP contribution in [-0.4, -0.2) is 6.04 Å². The lowest BCUT2D eigenvalue weighted by Crippen LogP contribution is -2.48. The Morgan fingerprint density at radius 1 is 0.714 bits per heavy atom. The van der Waals surface area contributed by atoms with Gasteiger partial charge in [-0.1, -0.05) is 32.1 Å². The molecule has 3 unspecified atom stereocenters. The Kier molecular flexibility index (Phi) is 2.31. The average molecular weight is 193 g/mol. The van der Waals surface area contributed by atoms with Crippen molar-refractivity contribution in [2.45, 2.75) is 57.4 Å². The second kappa shape index (κ2) is 3.52. The van der Waals surface area contributed by atoms with E-state index in [2.05, 4.69) is 0 Å². The Bertz CT molecular complexity index is 213. The average Bonchev–Trinajstić information content (AvgIpc) is 2.66. The Balaban J connectivity index is 1.79. The first-order valence-electron chi connectivity index (χ1n) is 6.62. The summed E-state index contributed by atoms with van der Waals surface area (Å²) < 4.78 is 0. The quantitative estimate of drug-likeness (QED) is 0.629. The number of hydrogen-bond acceptors (Lipinski definition) is 1. The third-order valence-electron chi connectivity index (χ3n) is 5.28. The number of hydrogen-bond donors (Lipinski definition) is 1. The Morgan fingerprint density at radius 3 is 2.07 bits per heavy atom. The molecule has 0 bridgehead atoms. The molecule has 3 aliphatic rings. The van der Waals surface area contributed by atoms with Crippen molar-refractivity contribution < 1.29 is 0 Å². The van der Waals surface area contributed by atoms with E-state index in [0.717, 1.165) is 23.7 Å². The van der Waals surface area contributed by atoms with Gasteiger partial charge >= 0.3 is 0 Å². The van der Waals surface area contributed by atoms with E-state index >= 15 is 0 Å². The summed E-state index contributed by atoms with van der Waals surface area (Å²) in [5.41, 5.74) is 6.47. The second-order valence-corrected chi connectivity index (χ2v) is 5.88. The van der Waals surface area contributed by atoms with Gasteiger partial charge in [-0.15, -0.1) is 0 Å². The highest BCUT2D eigenvalue weighted by Crippen LogP contribution is 2.50. The molecule has 0 saturated heterocycles. The van der Waals surface area contributed by atoms with Crippen LogP contribution in [0.2, 0.25) is 0 Å². The summed E-state index contributed by atoms with van der Waals surface area (Å²) in [7, 11) is 0. The van der Waals surface area contributed by atoms with Gasteiger partial charge in [0.2, 0.25) is 0 Å². The van der Waals surface area contributed by atoms with Gasteiger partial charge in [0, 0.05) is 6.04 Å². The third-order valence-corrected chi connectivity index (χ3v) is 5.28. The van der Waals surface area contributed by atoms with Crippen LogP contribution in [0.3, 0.4) is 0 Å². The molecule has 80 valence electrons. The van der Waals surface area contributed by atoms with E-state index in [1.807, 2.05) is 0 Å². The first-order valence-corrected chi connectivity index (χ1v) is 6.62. The van der Waals surface area contributed by atoms with Crippen LogP contribution in [0.4, 0.5) is 0 Å². The molecule has 0 aromatic rings. The van der Waals surface area contributed by atoms with Gasteiger partial charge in [-0.05, 0) is 42.9 Å². The van der Waals surface area contributed by atoms with Crippen molar-refractivity contribution in [1.29, 1.82) is 0 Å². The van der Waals surface area contributed by atoms with E-state index in [9.17, 15) is 0 Å². The Hall–Kier alpha value is -0.0400. The Labute approximate surface area is 87.4 Å². The molecule has 0 aliphatic heterocycles. The molecule has 0 radical (unpaired) electrons. The van der Waals surface area contributed by atoms with Crippen molar-refractivity contribution >= 4 is 0 Å². The summed E-state index contributed by atoms with van der Waals surface area (Å²) >= 11 is 0. The zero-order valence-electron chi connectivity index (χ0n) is 9.12. The van der Waals surface area contributed by atoms with Gasteiger partial charge < -0.3 is 5.73 Å². The highest BCUT2D eigenvalue weighted by molar-refractivity contribution is 4.98. The molecule has 0 aromatic carbocycles. The number of fused-ring (bicyclic) bond motifs is 2. The summed E-state index contributed by atoms with van der Waals surface area (Å²) in [4.78, 5) is 0. The highest BCUT2D eigenvalue weighted by Gasteiger charge is 2.44. The van der Waals surface area contributed by atoms with E-state index in [4.69, 9.17) is 5.73 Å². The van der Waals surface area contributed by atoms with E-state index < -0.39 is 0 Å². The predicted molar refractivity (Wildman–Crippen MR) is 58.9 cm³/mol. The molecule has 14 heavy (non-hydrogen) atoms. The van der Waals surface area contributed by atoms with E-state index in [1.54, 1.807) is 0 Å². The van der Waals surface area contributed by atoms with Gasteiger partial charge in [-0.2, -0.15) is 0 Å². The first-order chi connectivity index (χ1) is 6.86. The molecule has 1 nitrogen and oxygen atoms in total. The van der Waals surface area contributed by atoms with Gasteiger partial charge in [0.05, 0.1) is 0 Å². The fourth-order valence-corrected chi connectivity index (χ4v) is 4.61. The van der Waals surface area contributed by atoms with Crippen molar-refractivity contribution in [2.75, 3.05) is 0 Å². The Morgan fingerprint density at radius 2 is 1.29 bits per heavy atom. The minimum atomic E-state index is 0.571. The van der Waals surface area contributed by atoms with Crippen molar-refractivity contribution in [2.24, 2.45) is 29.4 Å². The molecule has 0 heterocycles. The maximum atomic E-state index is 6.47. The summed E-state index contributed by atoms with van der Waals surface area (Å²) in [6.07, 6.45) is 11.8. The maximum absolute atomic E-state index is 6.47. The second-order valence-electron chi connectivity index (χ2n) is 5.88. The van der Waals surface area contributed by atoms with Crippen LogP contribution in [0.1, 0.15) is 51.4 Å². The molecule has 3 fully saturated rings. The minimum absolute atomic E-state index is 0.571. The standard InChI is InChI=1S/C13H23N/c14-13-11-6-2-1-4-9(11)8-10-5-3-7-12(10)13/h9-13H,1-8,14H2/t9?,10-,11+,12?,13?/m0/s1. The van der Waals surface area contributed by atoms with Crippen molar-refractivity contribution in [3.05, 3.63) is 0 Å². The molecule has 0 spiro atoms. The van der Waals surface area contributed by atoms with Crippen LogP contribution in [0.25, 0.3) is 0 Å². The van der Waals surface area contributed by atoms with Crippen molar-refractivity contribution in [3.63, 3.8) is 0 Å². The smallest absolute Gasteiger partial charge is 0.0101 e. The molecule has 3 saturated carbocycles. The molecule has 3 aliphatic carbocycles. The summed E-state index contributed by atoms with van der Waals surface area (Å²) in [5, 5.41) is 0. The first kappa shape index (κ1) is 9.21. The van der Waals surface area contributed by atoms with Gasteiger partial charge in [-0.25, -0.2) is 0 Å². The lowest BCUT2D eigenvalue weighted by atomic mass is 9.62. The summed E-state index contributed by atoms with van der Waals surface area (Å²) in [6, 6.07) is 0.571. The lowest BCUT2D eigenvalue weighted by molar-refractivity contribution is 0.0692. The van der Waals surface area contributed by atoms with Gasteiger partial charge in [-0.3, -0.25) is 0 Å². The zero-order chi connectivity index (χ0) is 9.54. The van der Waals surface area contributed by atoms with Gasteiger partial charge in [0.25, 0.3) is 0 Å². The van der Waals surface area contributed by atoms with Crippen LogP contribution < -0.4 is 5.73 Å². The van der Waals surface area contributed by atoms with Crippen molar-refractivity contribution in [1.82, 2.24) is 0 Å². The van der Waals surface area contributed by atoms with Crippen molar-refractivity contribution in [3.8, 4) is 0 Å². The fraction of sp³-hybridized carbons (Fsp3) is 1.00. The topological polar surface area (TPSA) is 26.0 Å². The van der Waals surface area contributed by atoms with Crippen LogP contribution in [-0.2, 0) is 0 Å². The van der Waals surface area contributed by atoms with Gasteiger partial charge in [0.15, 0.2) is 0 Å². The largest absolute Gasteiger partial charge is 0.327 e. The SMILES string of the molecule is NC1C2CCC[C@H]2CC2CCCC[C@H]21. The molecular weight excluding hydrogens is 170 g/mol. The highest BCUT2D eigenvalue weighted by atomic mass is 14.7. The molecule has 3 rings (SSSR count). The summed E-state index contributed by atoms with van der Waals surface area (Å²) in [5.74, 6) is 3.85. The van der Waals surface area contributed by atoms with Gasteiger partial charge in [0.1, 0.15) is 0 Å². The van der Waals surface area contributed by atoms with E-state index in [1.165, 1.54) is 51.4 Å². The zero-order valence-corrected chi connectivity index (χ0v) is 9.12. The number of rotatable bonds is 0. The molecule has 2 N–H and O–H groups in total. The fourth-order valence-electron chi connectivity index (χ4n) is 4.61. The molecule has 1 heteroatoms. The van der Waals surface area contributed by atoms with Crippen LogP contribution in [0, 0.1) is 23.7 Å². The molecule has 0 aromatic heterocycles. The maximum Gasteiger partial charge on any atom is 0.0101 e. The van der Waals surface area contributed by atoms with Crippen LogP contribution in [0.5, 0.6) is 0 Å². The van der Waals surface area contributed by atoms with Crippen LogP contribution >= 0.6 is 0 Å². The normalized spacial score (nSPS) is 52.5. The third kappa shape index (κ3) is 1.32. The van der Waals surface area contributed by atoms with E-state index in [0.29, 0.717) is 6.04 Å². The molecule has 0 amide bonds. The molecule has 5 atom stereocenters.